The summed E-state index contributed by atoms with van der Waals surface area (Å²) < 4.78 is 0. The van der Waals surface area contributed by atoms with Gasteiger partial charge in [-0.05, 0) is 19.4 Å². The molecular weight excluding hydrogens is 136 g/mol. The molecule has 0 N–H and O–H groups in total. The molecule has 0 unspecified atom stereocenters. The van der Waals surface area contributed by atoms with Gasteiger partial charge in [0.2, 0.25) is 0 Å². The maximum absolute atomic E-state index is 11.0. The van der Waals surface area contributed by atoms with E-state index in [1.807, 2.05) is 12.1 Å². The monoisotopic (exact) mass is 146 g/mol. The van der Waals surface area contributed by atoms with E-state index in [-0.39, 0.29) is 5.78 Å². The van der Waals surface area contributed by atoms with E-state index in [9.17, 15) is 4.79 Å². The summed E-state index contributed by atoms with van der Waals surface area (Å²) in [4.78, 5) is 11.0. The highest BCUT2D eigenvalue weighted by atomic mass is 16.1. The molecule has 1 nitrogen and oxygen atoms in total. The second-order valence-electron chi connectivity index (χ2n) is 2.37. The van der Waals surface area contributed by atoms with E-state index in [1.165, 1.54) is 0 Å². The van der Waals surface area contributed by atoms with Crippen LogP contribution < -0.4 is 0 Å². The number of rotatable bonds is 2. The van der Waals surface area contributed by atoms with Crippen LogP contribution in [0.1, 0.15) is 22.3 Å². The highest BCUT2D eigenvalue weighted by molar-refractivity contribution is 5.96. The van der Waals surface area contributed by atoms with Gasteiger partial charge in [-0.3, -0.25) is 4.79 Å². The van der Waals surface area contributed by atoms with E-state index in [0.29, 0.717) is 12.0 Å². The summed E-state index contributed by atoms with van der Waals surface area (Å²) in [6, 6.07) is 7.19. The Morgan fingerprint density at radius 2 is 1.82 bits per heavy atom. The molecule has 0 atom stereocenters. The second-order valence-corrected chi connectivity index (χ2v) is 2.37. The number of ketones is 1. The third-order valence-corrected chi connectivity index (χ3v) is 1.50. The van der Waals surface area contributed by atoms with E-state index in [0.717, 1.165) is 5.56 Å². The average Bonchev–Trinajstić information content (AvgIpc) is 2.05. The lowest BCUT2D eigenvalue weighted by atomic mass is 10.1. The molecule has 0 aliphatic rings. The number of carbonyl (C=O) groups is 1. The van der Waals surface area contributed by atoms with Crippen molar-refractivity contribution in [1.82, 2.24) is 0 Å². The zero-order valence-corrected chi connectivity index (χ0v) is 6.34. The first-order chi connectivity index (χ1) is 5.24. The predicted molar refractivity (Wildman–Crippen MR) is 45.2 cm³/mol. The van der Waals surface area contributed by atoms with Gasteiger partial charge in [-0.1, -0.05) is 24.3 Å². The molecule has 1 rings (SSSR count). The van der Waals surface area contributed by atoms with Gasteiger partial charge in [0, 0.05) is 12.0 Å². The summed E-state index contributed by atoms with van der Waals surface area (Å²) in [6.07, 6.45) is 0.316. The van der Waals surface area contributed by atoms with Gasteiger partial charge in [0.1, 0.15) is 0 Å². The molecule has 0 bridgehead atoms. The molecule has 2 radical (unpaired) electrons. The van der Waals surface area contributed by atoms with Crippen LogP contribution in [-0.4, -0.2) is 5.78 Å². The number of hydrogen-bond acceptors (Lipinski definition) is 1. The van der Waals surface area contributed by atoms with Crippen LogP contribution in [0, 0.1) is 13.8 Å². The molecule has 0 fully saturated rings. The van der Waals surface area contributed by atoms with Crippen molar-refractivity contribution in [3.63, 3.8) is 0 Å². The third-order valence-electron chi connectivity index (χ3n) is 1.50. The fourth-order valence-electron chi connectivity index (χ4n) is 0.835. The Hall–Kier alpha value is -1.11. The molecular formula is C10H10O. The molecule has 56 valence electrons. The van der Waals surface area contributed by atoms with Crippen molar-refractivity contribution in [3.05, 3.63) is 49.2 Å². The van der Waals surface area contributed by atoms with Crippen molar-refractivity contribution >= 4 is 5.78 Å². The van der Waals surface area contributed by atoms with Gasteiger partial charge in [0.25, 0.3) is 0 Å². The lowest BCUT2D eigenvalue weighted by molar-refractivity contribution is 0.0995. The van der Waals surface area contributed by atoms with Crippen LogP contribution in [0.15, 0.2) is 24.3 Å². The van der Waals surface area contributed by atoms with Crippen molar-refractivity contribution in [3.8, 4) is 0 Å². The first-order valence-electron chi connectivity index (χ1n) is 3.48. The molecule has 0 aliphatic heterocycles. The van der Waals surface area contributed by atoms with Crippen molar-refractivity contribution in [1.29, 1.82) is 0 Å². The van der Waals surface area contributed by atoms with Crippen LogP contribution >= 0.6 is 0 Å². The summed E-state index contributed by atoms with van der Waals surface area (Å²) >= 11 is 0. The van der Waals surface area contributed by atoms with Gasteiger partial charge in [-0.25, -0.2) is 0 Å². The topological polar surface area (TPSA) is 17.1 Å². The van der Waals surface area contributed by atoms with E-state index in [1.54, 1.807) is 12.1 Å². The van der Waals surface area contributed by atoms with Crippen LogP contribution in [-0.2, 0) is 0 Å². The Labute approximate surface area is 67.1 Å². The summed E-state index contributed by atoms with van der Waals surface area (Å²) in [5, 5.41) is 0. The molecule has 1 aromatic carbocycles. The minimum atomic E-state index is 0.0741. The van der Waals surface area contributed by atoms with Crippen molar-refractivity contribution < 1.29 is 4.79 Å². The minimum Gasteiger partial charge on any atom is -0.294 e. The van der Waals surface area contributed by atoms with Gasteiger partial charge in [-0.15, -0.1) is 0 Å². The smallest absolute Gasteiger partial charge is 0.162 e. The predicted octanol–water partition coefficient (Wildman–Crippen LogP) is 2.28. The maximum atomic E-state index is 11.0. The van der Waals surface area contributed by atoms with E-state index in [2.05, 4.69) is 13.8 Å². The lowest BCUT2D eigenvalue weighted by Crippen LogP contribution is -1.95. The fourth-order valence-corrected chi connectivity index (χ4v) is 0.835. The Balaban J connectivity index is 2.90. The molecule has 0 amide bonds. The Kier molecular flexibility index (Phi) is 2.42. The van der Waals surface area contributed by atoms with Crippen molar-refractivity contribution in [2.45, 2.75) is 6.42 Å². The first kappa shape index (κ1) is 7.99. The first-order valence-corrected chi connectivity index (χ1v) is 3.48. The molecule has 0 saturated heterocycles. The Bertz CT molecular complexity index is 246. The minimum absolute atomic E-state index is 0.0741. The molecule has 0 spiro atoms. The summed E-state index contributed by atoms with van der Waals surface area (Å²) in [5.74, 6) is 0.0741. The molecule has 0 aliphatic carbocycles. The number of carbonyl (C=O) groups excluding carboxylic acids is 1. The Morgan fingerprint density at radius 3 is 2.27 bits per heavy atom. The summed E-state index contributed by atoms with van der Waals surface area (Å²) in [6.45, 7) is 7.24. The highest BCUT2D eigenvalue weighted by Gasteiger charge is 2.00. The van der Waals surface area contributed by atoms with Crippen LogP contribution in [0.5, 0.6) is 0 Å². The molecule has 11 heavy (non-hydrogen) atoms. The van der Waals surface area contributed by atoms with Gasteiger partial charge < -0.3 is 0 Å². The van der Waals surface area contributed by atoms with E-state index >= 15 is 0 Å². The average molecular weight is 146 g/mol. The van der Waals surface area contributed by atoms with Crippen LogP contribution in [0.4, 0.5) is 0 Å². The fraction of sp³-hybridized carbons (Fsp3) is 0.100. The van der Waals surface area contributed by atoms with Crippen molar-refractivity contribution in [2.24, 2.45) is 0 Å². The Morgan fingerprint density at radius 1 is 1.27 bits per heavy atom. The van der Waals surface area contributed by atoms with Crippen molar-refractivity contribution in [2.75, 3.05) is 0 Å². The second kappa shape index (κ2) is 3.33. The van der Waals surface area contributed by atoms with E-state index in [4.69, 9.17) is 0 Å². The quantitative estimate of drug-likeness (QED) is 0.585. The van der Waals surface area contributed by atoms with Crippen LogP contribution in [0.25, 0.3) is 0 Å². The maximum Gasteiger partial charge on any atom is 0.162 e. The molecule has 0 heterocycles. The zero-order valence-electron chi connectivity index (χ0n) is 6.34. The highest BCUT2D eigenvalue weighted by Crippen LogP contribution is 2.04. The van der Waals surface area contributed by atoms with Crippen LogP contribution in [0.2, 0.25) is 0 Å². The van der Waals surface area contributed by atoms with Gasteiger partial charge in [0.15, 0.2) is 5.78 Å². The number of Topliss-reactive ketones (excluding diaryl/α,β-unsaturated/α-hetero) is 1. The summed E-state index contributed by atoms with van der Waals surface area (Å²) in [7, 11) is 0. The van der Waals surface area contributed by atoms with Gasteiger partial charge in [-0.2, -0.15) is 0 Å². The largest absolute Gasteiger partial charge is 0.294 e. The number of hydrogen-bond donors (Lipinski definition) is 0. The number of benzene rings is 1. The summed E-state index contributed by atoms with van der Waals surface area (Å²) in [5.41, 5.74) is 1.64. The third kappa shape index (κ3) is 1.90. The zero-order chi connectivity index (χ0) is 8.27. The van der Waals surface area contributed by atoms with Crippen LogP contribution in [0.3, 0.4) is 0 Å². The lowest BCUT2D eigenvalue weighted by Gasteiger charge is -1.96. The van der Waals surface area contributed by atoms with Gasteiger partial charge in [0.05, 0.1) is 0 Å². The standard InChI is InChI=1S/C10H10O/c1-3-10(11)9-6-4-8(2)5-7-9/h4-7H,1-3H2. The molecule has 1 heteroatoms. The molecule has 0 saturated carbocycles. The molecule has 1 aromatic rings. The SMILES string of the molecule is [CH2]CC(=O)c1ccc([CH2])cc1. The van der Waals surface area contributed by atoms with Gasteiger partial charge >= 0.3 is 0 Å². The molecule has 0 aromatic heterocycles. The van der Waals surface area contributed by atoms with E-state index < -0.39 is 0 Å². The normalized spacial score (nSPS) is 9.64.